The van der Waals surface area contributed by atoms with Crippen molar-refractivity contribution in [2.45, 2.75) is 25.0 Å². The number of ether oxygens (including phenoxy) is 2. The molecule has 124 valence electrons. The first kappa shape index (κ1) is 15.9. The SMILES string of the molecule is CC1CN(C(=O)c2ccc(C(=O)O)cc2F)CC2(CCOC2)O1. The summed E-state index contributed by atoms with van der Waals surface area (Å²) in [4.78, 5) is 25.0. The quantitative estimate of drug-likeness (QED) is 0.893. The summed E-state index contributed by atoms with van der Waals surface area (Å²) in [5, 5.41) is 8.87. The standard InChI is InChI=1S/C16H18FNO5/c1-10-7-18(8-16(23-10)4-5-22-9-16)14(19)12-3-2-11(15(20)21)6-13(12)17/h2-3,6,10H,4-5,7-9H2,1H3,(H,20,21). The van der Waals surface area contributed by atoms with Crippen molar-refractivity contribution in [2.75, 3.05) is 26.3 Å². The molecule has 2 atom stereocenters. The van der Waals surface area contributed by atoms with Gasteiger partial charge < -0.3 is 19.5 Å². The van der Waals surface area contributed by atoms with Gasteiger partial charge in [0, 0.05) is 19.6 Å². The molecule has 0 bridgehead atoms. The molecule has 1 spiro atoms. The van der Waals surface area contributed by atoms with Gasteiger partial charge >= 0.3 is 5.97 Å². The van der Waals surface area contributed by atoms with E-state index in [4.69, 9.17) is 14.6 Å². The number of hydrogen-bond acceptors (Lipinski definition) is 4. The number of carboxylic acids is 1. The van der Waals surface area contributed by atoms with Crippen LogP contribution in [0, 0.1) is 5.82 Å². The number of hydrogen-bond donors (Lipinski definition) is 1. The molecule has 1 aromatic rings. The molecular weight excluding hydrogens is 305 g/mol. The van der Waals surface area contributed by atoms with Crippen molar-refractivity contribution in [2.24, 2.45) is 0 Å². The zero-order valence-corrected chi connectivity index (χ0v) is 12.8. The maximum absolute atomic E-state index is 14.1. The molecule has 2 saturated heterocycles. The third kappa shape index (κ3) is 3.07. The lowest BCUT2D eigenvalue weighted by atomic mass is 9.98. The Morgan fingerprint density at radius 2 is 2.22 bits per heavy atom. The minimum Gasteiger partial charge on any atom is -0.478 e. The number of nitrogens with zero attached hydrogens (tertiary/aromatic N) is 1. The Hall–Kier alpha value is -1.99. The van der Waals surface area contributed by atoms with E-state index < -0.39 is 23.3 Å². The van der Waals surface area contributed by atoms with Crippen molar-refractivity contribution in [3.63, 3.8) is 0 Å². The Labute approximate surface area is 132 Å². The average Bonchev–Trinajstić information content (AvgIpc) is 2.93. The molecule has 2 heterocycles. The van der Waals surface area contributed by atoms with Gasteiger partial charge in [0.25, 0.3) is 5.91 Å². The molecule has 2 unspecified atom stereocenters. The number of benzene rings is 1. The van der Waals surface area contributed by atoms with Crippen LogP contribution in [-0.2, 0) is 9.47 Å². The molecule has 1 amide bonds. The molecule has 7 heteroatoms. The highest BCUT2D eigenvalue weighted by Crippen LogP contribution is 2.31. The van der Waals surface area contributed by atoms with E-state index in [0.29, 0.717) is 32.7 Å². The van der Waals surface area contributed by atoms with Gasteiger partial charge in [0.05, 0.1) is 30.4 Å². The van der Waals surface area contributed by atoms with E-state index in [1.165, 1.54) is 12.1 Å². The van der Waals surface area contributed by atoms with Gasteiger partial charge in [-0.1, -0.05) is 0 Å². The third-order valence-electron chi connectivity index (χ3n) is 4.21. The predicted molar refractivity (Wildman–Crippen MR) is 78.0 cm³/mol. The number of halogens is 1. The van der Waals surface area contributed by atoms with E-state index in [1.54, 1.807) is 4.90 Å². The van der Waals surface area contributed by atoms with Crippen LogP contribution in [0.25, 0.3) is 0 Å². The average molecular weight is 323 g/mol. The topological polar surface area (TPSA) is 76.1 Å². The first-order chi connectivity index (χ1) is 10.9. The minimum absolute atomic E-state index is 0.127. The van der Waals surface area contributed by atoms with Crippen LogP contribution < -0.4 is 0 Å². The summed E-state index contributed by atoms with van der Waals surface area (Å²) in [6.45, 7) is 3.57. The number of carbonyl (C=O) groups excluding carboxylic acids is 1. The summed E-state index contributed by atoms with van der Waals surface area (Å²) in [6.07, 6.45) is 0.525. The van der Waals surface area contributed by atoms with Gasteiger partial charge in [-0.2, -0.15) is 0 Å². The van der Waals surface area contributed by atoms with Crippen molar-refractivity contribution in [3.05, 3.63) is 35.1 Å². The molecule has 0 aromatic heterocycles. The zero-order valence-electron chi connectivity index (χ0n) is 12.8. The molecule has 1 N–H and O–H groups in total. The second-order valence-electron chi connectivity index (χ2n) is 6.10. The predicted octanol–water partition coefficient (Wildman–Crippen LogP) is 1.54. The van der Waals surface area contributed by atoms with Gasteiger partial charge in [-0.25, -0.2) is 9.18 Å². The maximum atomic E-state index is 14.1. The second kappa shape index (κ2) is 5.90. The monoisotopic (exact) mass is 323 g/mol. The Bertz CT molecular complexity index is 641. The van der Waals surface area contributed by atoms with Crippen molar-refractivity contribution >= 4 is 11.9 Å². The van der Waals surface area contributed by atoms with E-state index in [0.717, 1.165) is 6.07 Å². The van der Waals surface area contributed by atoms with Crippen molar-refractivity contribution in [3.8, 4) is 0 Å². The highest BCUT2D eigenvalue weighted by molar-refractivity contribution is 5.96. The molecule has 6 nitrogen and oxygen atoms in total. The van der Waals surface area contributed by atoms with Crippen molar-refractivity contribution in [1.82, 2.24) is 4.90 Å². The van der Waals surface area contributed by atoms with Gasteiger partial charge in [-0.05, 0) is 25.1 Å². The largest absolute Gasteiger partial charge is 0.478 e. The van der Waals surface area contributed by atoms with E-state index in [-0.39, 0.29) is 17.2 Å². The molecule has 2 aliphatic rings. The highest BCUT2D eigenvalue weighted by atomic mass is 19.1. The lowest BCUT2D eigenvalue weighted by Crippen LogP contribution is -2.57. The molecule has 0 aliphatic carbocycles. The van der Waals surface area contributed by atoms with Crippen LogP contribution in [0.4, 0.5) is 4.39 Å². The number of amides is 1. The van der Waals surface area contributed by atoms with E-state index in [1.807, 2.05) is 6.92 Å². The fourth-order valence-corrected chi connectivity index (χ4v) is 3.18. The van der Waals surface area contributed by atoms with Gasteiger partial charge in [0.1, 0.15) is 11.4 Å². The summed E-state index contributed by atoms with van der Waals surface area (Å²) in [7, 11) is 0. The molecule has 0 saturated carbocycles. The number of rotatable bonds is 2. The van der Waals surface area contributed by atoms with Gasteiger partial charge in [-0.15, -0.1) is 0 Å². The van der Waals surface area contributed by atoms with Gasteiger partial charge in [0.2, 0.25) is 0 Å². The number of carboxylic acid groups (broad SMARTS) is 1. The van der Waals surface area contributed by atoms with Gasteiger partial charge in [0.15, 0.2) is 0 Å². The van der Waals surface area contributed by atoms with Crippen LogP contribution in [0.3, 0.4) is 0 Å². The smallest absolute Gasteiger partial charge is 0.335 e. The van der Waals surface area contributed by atoms with E-state index in [2.05, 4.69) is 0 Å². The molecular formula is C16H18FNO5. The Balaban J connectivity index is 1.83. The van der Waals surface area contributed by atoms with Crippen LogP contribution in [0.1, 0.15) is 34.1 Å². The summed E-state index contributed by atoms with van der Waals surface area (Å²) >= 11 is 0. The molecule has 3 rings (SSSR count). The van der Waals surface area contributed by atoms with Crippen LogP contribution in [0.5, 0.6) is 0 Å². The Morgan fingerprint density at radius 1 is 1.43 bits per heavy atom. The summed E-state index contributed by atoms with van der Waals surface area (Å²) < 4.78 is 25.4. The Kier molecular flexibility index (Phi) is 4.08. The summed E-state index contributed by atoms with van der Waals surface area (Å²) in [6, 6.07) is 3.32. The zero-order chi connectivity index (χ0) is 16.6. The second-order valence-corrected chi connectivity index (χ2v) is 6.10. The fraction of sp³-hybridized carbons (Fsp3) is 0.500. The van der Waals surface area contributed by atoms with Crippen molar-refractivity contribution < 1.29 is 28.6 Å². The minimum atomic E-state index is -1.23. The van der Waals surface area contributed by atoms with Crippen LogP contribution in [-0.4, -0.2) is 59.9 Å². The fourth-order valence-electron chi connectivity index (χ4n) is 3.18. The third-order valence-corrected chi connectivity index (χ3v) is 4.21. The first-order valence-electron chi connectivity index (χ1n) is 7.48. The summed E-state index contributed by atoms with van der Waals surface area (Å²) in [5.74, 6) is -2.52. The van der Waals surface area contributed by atoms with Crippen molar-refractivity contribution in [1.29, 1.82) is 0 Å². The molecule has 2 fully saturated rings. The first-order valence-corrected chi connectivity index (χ1v) is 7.48. The van der Waals surface area contributed by atoms with Crippen LogP contribution in [0.2, 0.25) is 0 Å². The lowest BCUT2D eigenvalue weighted by molar-refractivity contribution is -0.138. The number of morpholine rings is 1. The molecule has 0 radical (unpaired) electrons. The Morgan fingerprint density at radius 3 is 2.83 bits per heavy atom. The maximum Gasteiger partial charge on any atom is 0.335 e. The van der Waals surface area contributed by atoms with Crippen LogP contribution in [0.15, 0.2) is 18.2 Å². The summed E-state index contributed by atoms with van der Waals surface area (Å²) in [5.41, 5.74) is -0.835. The normalized spacial score (nSPS) is 27.4. The highest BCUT2D eigenvalue weighted by Gasteiger charge is 2.44. The van der Waals surface area contributed by atoms with Crippen LogP contribution >= 0.6 is 0 Å². The van der Waals surface area contributed by atoms with Gasteiger partial charge in [-0.3, -0.25) is 4.79 Å². The number of carbonyl (C=O) groups is 2. The molecule has 1 aromatic carbocycles. The van der Waals surface area contributed by atoms with E-state index >= 15 is 0 Å². The molecule has 23 heavy (non-hydrogen) atoms. The number of aromatic carboxylic acids is 1. The lowest BCUT2D eigenvalue weighted by Gasteiger charge is -2.42. The van der Waals surface area contributed by atoms with E-state index in [9.17, 15) is 14.0 Å². The molecule has 2 aliphatic heterocycles.